The van der Waals surface area contributed by atoms with E-state index in [9.17, 15) is 14.4 Å². The Morgan fingerprint density at radius 3 is 2.62 bits per heavy atom. The lowest BCUT2D eigenvalue weighted by molar-refractivity contribution is -0.155. The Morgan fingerprint density at radius 2 is 2.19 bits per heavy atom. The molecule has 1 heterocycles. The summed E-state index contributed by atoms with van der Waals surface area (Å²) < 4.78 is 14.1. The van der Waals surface area contributed by atoms with Gasteiger partial charge in [0.2, 0.25) is 0 Å². The summed E-state index contributed by atoms with van der Waals surface area (Å²) in [6.45, 7) is -0.272. The van der Waals surface area contributed by atoms with Crippen molar-refractivity contribution in [2.75, 3.05) is 19.8 Å². The zero-order chi connectivity index (χ0) is 12.2. The number of hydrogen-bond donors (Lipinski definition) is 0. The molecule has 7 heteroatoms. The number of cyclic esters (lactones) is 1. The van der Waals surface area contributed by atoms with Gasteiger partial charge in [0, 0.05) is 6.42 Å². The molecule has 0 unspecified atom stereocenters. The van der Waals surface area contributed by atoms with Crippen LogP contribution in [-0.4, -0.2) is 43.1 Å². The minimum atomic E-state index is -1.57. The second-order valence-corrected chi connectivity index (χ2v) is 3.56. The topological polar surface area (TPSA) is 78.9 Å². The van der Waals surface area contributed by atoms with Crippen LogP contribution >= 0.6 is 11.6 Å². The Kier molecular flexibility index (Phi) is 4.26. The molecule has 0 aliphatic carbocycles. The fourth-order valence-electron chi connectivity index (χ4n) is 1.37. The normalized spacial score (nSPS) is 24.0. The molecule has 0 saturated carbocycles. The molecule has 0 radical (unpaired) electrons. The van der Waals surface area contributed by atoms with Crippen LogP contribution in [-0.2, 0) is 28.6 Å². The first kappa shape index (κ1) is 12.9. The van der Waals surface area contributed by atoms with Gasteiger partial charge in [0.1, 0.15) is 0 Å². The molecule has 1 aliphatic rings. The van der Waals surface area contributed by atoms with Gasteiger partial charge in [0.25, 0.3) is 0 Å². The maximum Gasteiger partial charge on any atom is 0.341 e. The van der Waals surface area contributed by atoms with Crippen LogP contribution < -0.4 is 0 Å². The van der Waals surface area contributed by atoms with Crippen molar-refractivity contribution in [3.8, 4) is 0 Å². The van der Waals surface area contributed by atoms with Gasteiger partial charge in [-0.1, -0.05) is 0 Å². The van der Waals surface area contributed by atoms with Crippen molar-refractivity contribution in [2.45, 2.75) is 18.4 Å². The average molecular weight is 251 g/mol. The molecule has 0 bridgehead atoms. The summed E-state index contributed by atoms with van der Waals surface area (Å²) >= 11 is 5.34. The number of halogens is 1. The first-order valence-corrected chi connectivity index (χ1v) is 5.03. The van der Waals surface area contributed by atoms with E-state index in [4.69, 9.17) is 16.3 Å². The summed E-state index contributed by atoms with van der Waals surface area (Å²) in [4.78, 5) is 33.8. The van der Waals surface area contributed by atoms with E-state index in [1.807, 2.05) is 0 Å². The summed E-state index contributed by atoms with van der Waals surface area (Å²) in [5, 5.41) is 0. The molecule has 0 N–H and O–H groups in total. The van der Waals surface area contributed by atoms with Gasteiger partial charge in [0.05, 0.1) is 19.4 Å². The van der Waals surface area contributed by atoms with Crippen molar-refractivity contribution in [1.29, 1.82) is 0 Å². The van der Waals surface area contributed by atoms with Gasteiger partial charge in [-0.2, -0.15) is 0 Å². The molecule has 0 aromatic heterocycles. The van der Waals surface area contributed by atoms with E-state index < -0.39 is 23.3 Å². The Hall–Kier alpha value is -1.14. The number of ether oxygens (including phenoxy) is 3. The number of ketones is 1. The van der Waals surface area contributed by atoms with Gasteiger partial charge < -0.3 is 14.2 Å². The number of methoxy groups -OCH3 is 1. The van der Waals surface area contributed by atoms with Crippen molar-refractivity contribution in [1.82, 2.24) is 0 Å². The van der Waals surface area contributed by atoms with E-state index in [0.717, 1.165) is 0 Å². The van der Waals surface area contributed by atoms with E-state index in [1.54, 1.807) is 0 Å². The third-order valence-corrected chi connectivity index (χ3v) is 2.48. The number of rotatable bonds is 5. The van der Waals surface area contributed by atoms with Crippen molar-refractivity contribution in [2.24, 2.45) is 0 Å². The zero-order valence-electron chi connectivity index (χ0n) is 8.66. The lowest BCUT2D eigenvalue weighted by Crippen LogP contribution is -2.41. The third kappa shape index (κ3) is 2.70. The minimum Gasteiger partial charge on any atom is -0.469 e. The summed E-state index contributed by atoms with van der Waals surface area (Å²) in [6, 6.07) is 0. The second kappa shape index (κ2) is 5.27. The van der Waals surface area contributed by atoms with Crippen LogP contribution in [0.4, 0.5) is 0 Å². The SMILES string of the molecule is COC(=O)C[C@@]1(CC(=O)CCl)OCOC1=O. The predicted molar refractivity (Wildman–Crippen MR) is 51.8 cm³/mol. The molecule has 1 saturated heterocycles. The van der Waals surface area contributed by atoms with E-state index in [0.29, 0.717) is 0 Å². The molecule has 6 nitrogen and oxygen atoms in total. The largest absolute Gasteiger partial charge is 0.469 e. The Balaban J connectivity index is 2.80. The molecular formula is C9H11ClO6. The summed E-state index contributed by atoms with van der Waals surface area (Å²) in [5.74, 6) is -2.04. The van der Waals surface area contributed by atoms with Gasteiger partial charge in [-0.15, -0.1) is 11.6 Å². The van der Waals surface area contributed by atoms with E-state index >= 15 is 0 Å². The van der Waals surface area contributed by atoms with E-state index in [-0.39, 0.29) is 25.5 Å². The first-order valence-electron chi connectivity index (χ1n) is 4.50. The monoisotopic (exact) mass is 250 g/mol. The molecule has 0 aromatic rings. The van der Waals surface area contributed by atoms with Crippen molar-refractivity contribution >= 4 is 29.3 Å². The average Bonchev–Trinajstić information content (AvgIpc) is 2.60. The summed E-state index contributed by atoms with van der Waals surface area (Å²) in [6.07, 6.45) is -0.643. The fraction of sp³-hybridized carbons (Fsp3) is 0.667. The maximum absolute atomic E-state index is 11.4. The highest BCUT2D eigenvalue weighted by Crippen LogP contribution is 2.28. The first-order chi connectivity index (χ1) is 7.54. The Morgan fingerprint density at radius 1 is 1.50 bits per heavy atom. The van der Waals surface area contributed by atoms with Crippen LogP contribution in [0, 0.1) is 0 Å². The Labute approximate surface area is 96.8 Å². The van der Waals surface area contributed by atoms with Crippen LogP contribution in [0.25, 0.3) is 0 Å². The third-order valence-electron chi connectivity index (χ3n) is 2.19. The lowest BCUT2D eigenvalue weighted by atomic mass is 9.93. The Bertz CT molecular complexity index is 295. The van der Waals surface area contributed by atoms with E-state index in [1.165, 1.54) is 7.11 Å². The number of carbonyl (C=O) groups excluding carboxylic acids is 3. The second-order valence-electron chi connectivity index (χ2n) is 3.29. The molecule has 0 aromatic carbocycles. The quantitative estimate of drug-likeness (QED) is 0.505. The number of Topliss-reactive ketones (excluding diaryl/α,β-unsaturated/α-hetero) is 1. The zero-order valence-corrected chi connectivity index (χ0v) is 9.41. The molecule has 1 rings (SSSR count). The van der Waals surface area contributed by atoms with Gasteiger partial charge in [0.15, 0.2) is 18.2 Å². The number of hydrogen-bond acceptors (Lipinski definition) is 6. The maximum atomic E-state index is 11.4. The summed E-state index contributed by atoms with van der Waals surface area (Å²) in [5.41, 5.74) is -1.57. The molecule has 90 valence electrons. The number of alkyl halides is 1. The van der Waals surface area contributed by atoms with Crippen LogP contribution in [0.2, 0.25) is 0 Å². The van der Waals surface area contributed by atoms with Gasteiger partial charge in [-0.3, -0.25) is 9.59 Å². The number of carbonyl (C=O) groups is 3. The molecular weight excluding hydrogens is 240 g/mol. The summed E-state index contributed by atoms with van der Waals surface area (Å²) in [7, 11) is 1.18. The van der Waals surface area contributed by atoms with Crippen LogP contribution in [0.1, 0.15) is 12.8 Å². The number of esters is 2. The minimum absolute atomic E-state index is 0.250. The highest BCUT2D eigenvalue weighted by Gasteiger charge is 2.49. The standard InChI is InChI=1S/C9H11ClO6/c1-14-7(12)3-9(2-6(11)4-10)8(13)15-5-16-9/h2-5H2,1H3/t9-/m1/s1. The van der Waals surface area contributed by atoms with Gasteiger partial charge >= 0.3 is 11.9 Å². The van der Waals surface area contributed by atoms with Gasteiger partial charge in [-0.05, 0) is 0 Å². The fourth-order valence-corrected chi connectivity index (χ4v) is 1.46. The molecule has 1 atom stereocenters. The van der Waals surface area contributed by atoms with Crippen LogP contribution in [0.5, 0.6) is 0 Å². The smallest absolute Gasteiger partial charge is 0.341 e. The molecule has 0 spiro atoms. The van der Waals surface area contributed by atoms with Gasteiger partial charge in [-0.25, -0.2) is 4.79 Å². The van der Waals surface area contributed by atoms with Crippen molar-refractivity contribution in [3.63, 3.8) is 0 Å². The molecule has 0 amide bonds. The lowest BCUT2D eigenvalue weighted by Gasteiger charge is -2.20. The van der Waals surface area contributed by atoms with Crippen molar-refractivity contribution in [3.05, 3.63) is 0 Å². The van der Waals surface area contributed by atoms with Crippen LogP contribution in [0.3, 0.4) is 0 Å². The predicted octanol–water partition coefficient (Wildman–Crippen LogP) is 0.0172. The highest BCUT2D eigenvalue weighted by atomic mass is 35.5. The van der Waals surface area contributed by atoms with Crippen molar-refractivity contribution < 1.29 is 28.6 Å². The highest BCUT2D eigenvalue weighted by molar-refractivity contribution is 6.27. The molecule has 1 aliphatic heterocycles. The molecule has 1 fully saturated rings. The molecule has 16 heavy (non-hydrogen) atoms. The van der Waals surface area contributed by atoms with Crippen LogP contribution in [0.15, 0.2) is 0 Å². The van der Waals surface area contributed by atoms with E-state index in [2.05, 4.69) is 9.47 Å².